The van der Waals surface area contributed by atoms with Gasteiger partial charge in [-0.25, -0.2) is 13.9 Å². The number of benzene rings is 2. The first-order chi connectivity index (χ1) is 11.4. The number of nitrogens with zero attached hydrogens (tertiary/aromatic N) is 2. The normalized spacial score (nSPS) is 10.8. The fourth-order valence-corrected chi connectivity index (χ4v) is 2.54. The Kier molecular flexibility index (Phi) is 3.94. The summed E-state index contributed by atoms with van der Waals surface area (Å²) >= 11 is 5.79. The number of rotatable bonds is 3. The van der Waals surface area contributed by atoms with Crippen molar-refractivity contribution in [3.8, 4) is 11.4 Å². The summed E-state index contributed by atoms with van der Waals surface area (Å²) in [6, 6.07) is 8.54. The Morgan fingerprint density at radius 2 is 2.08 bits per heavy atom. The number of aromatic nitrogens is 2. The van der Waals surface area contributed by atoms with Crippen molar-refractivity contribution in [1.82, 2.24) is 9.78 Å². The number of hydrogen-bond donors (Lipinski definition) is 1. The van der Waals surface area contributed by atoms with Crippen molar-refractivity contribution in [3.05, 3.63) is 63.2 Å². The van der Waals surface area contributed by atoms with Crippen LogP contribution in [0.2, 0.25) is 5.02 Å². The van der Waals surface area contributed by atoms with Gasteiger partial charge in [0, 0.05) is 0 Å². The standard InChI is InChI=1S/C16H10ClFN2O4/c1-24-12-4-2-3-11-13(12)15(21)14(16(22)23)19-20(11)8-5-6-10(18)9(17)7-8/h2-7H,1H3,(H,22,23). The largest absolute Gasteiger partial charge is 0.496 e. The summed E-state index contributed by atoms with van der Waals surface area (Å²) in [6.07, 6.45) is 0. The van der Waals surface area contributed by atoms with Gasteiger partial charge in [-0.2, -0.15) is 5.10 Å². The van der Waals surface area contributed by atoms with E-state index < -0.39 is 22.9 Å². The van der Waals surface area contributed by atoms with Crippen molar-refractivity contribution in [3.63, 3.8) is 0 Å². The summed E-state index contributed by atoms with van der Waals surface area (Å²) in [5.41, 5.74) is -0.818. The van der Waals surface area contributed by atoms with Crippen LogP contribution in [0.4, 0.5) is 4.39 Å². The van der Waals surface area contributed by atoms with Gasteiger partial charge in [-0.15, -0.1) is 0 Å². The molecule has 8 heteroatoms. The molecule has 1 heterocycles. The first kappa shape index (κ1) is 15.9. The first-order valence-corrected chi connectivity index (χ1v) is 7.10. The molecule has 2 aromatic carbocycles. The second-order valence-electron chi connectivity index (χ2n) is 4.85. The second-order valence-corrected chi connectivity index (χ2v) is 5.25. The smallest absolute Gasteiger partial charge is 0.360 e. The molecule has 0 aliphatic rings. The number of carbonyl (C=O) groups is 1. The maximum Gasteiger partial charge on any atom is 0.360 e. The topological polar surface area (TPSA) is 81.4 Å². The van der Waals surface area contributed by atoms with Gasteiger partial charge < -0.3 is 9.84 Å². The molecule has 0 fully saturated rings. The Morgan fingerprint density at radius 3 is 2.71 bits per heavy atom. The van der Waals surface area contributed by atoms with E-state index in [2.05, 4.69) is 5.10 Å². The van der Waals surface area contributed by atoms with E-state index in [1.807, 2.05) is 0 Å². The molecule has 0 aliphatic carbocycles. The molecule has 0 saturated carbocycles. The average Bonchev–Trinajstić information content (AvgIpc) is 2.57. The van der Waals surface area contributed by atoms with E-state index in [0.29, 0.717) is 11.2 Å². The number of carboxylic acids is 1. The number of carboxylic acid groups (broad SMARTS) is 1. The van der Waals surface area contributed by atoms with E-state index in [1.165, 1.54) is 30.0 Å². The van der Waals surface area contributed by atoms with Crippen LogP contribution in [0, 0.1) is 5.82 Å². The Bertz CT molecular complexity index is 1030. The molecular formula is C16H10ClFN2O4. The number of aromatic carboxylic acids is 1. The van der Waals surface area contributed by atoms with Crippen LogP contribution in [0.3, 0.4) is 0 Å². The number of ether oxygens (including phenoxy) is 1. The van der Waals surface area contributed by atoms with E-state index in [1.54, 1.807) is 12.1 Å². The summed E-state index contributed by atoms with van der Waals surface area (Å²) in [4.78, 5) is 23.8. The van der Waals surface area contributed by atoms with Crippen LogP contribution >= 0.6 is 11.6 Å². The molecule has 0 aliphatic heterocycles. The predicted octanol–water partition coefficient (Wildman–Crippen LogP) is 2.89. The summed E-state index contributed by atoms with van der Waals surface area (Å²) in [7, 11) is 1.37. The van der Waals surface area contributed by atoms with Crippen LogP contribution in [0.15, 0.2) is 41.2 Å². The Hall–Kier alpha value is -2.93. The van der Waals surface area contributed by atoms with Crippen LogP contribution in [0.5, 0.6) is 5.75 Å². The van der Waals surface area contributed by atoms with Crippen LogP contribution in [0.1, 0.15) is 10.5 Å². The van der Waals surface area contributed by atoms with Gasteiger partial charge in [0.1, 0.15) is 11.6 Å². The quantitative estimate of drug-likeness (QED) is 0.787. The Morgan fingerprint density at radius 1 is 1.33 bits per heavy atom. The van der Waals surface area contributed by atoms with Gasteiger partial charge in [0.05, 0.1) is 28.7 Å². The SMILES string of the molecule is COc1cccc2c1c(=O)c(C(=O)O)nn2-c1ccc(F)c(Cl)c1. The lowest BCUT2D eigenvalue weighted by atomic mass is 10.1. The van der Waals surface area contributed by atoms with E-state index in [0.717, 1.165) is 6.07 Å². The van der Waals surface area contributed by atoms with Crippen LogP contribution in [0.25, 0.3) is 16.6 Å². The zero-order valence-corrected chi connectivity index (χ0v) is 13.0. The highest BCUT2D eigenvalue weighted by Crippen LogP contribution is 2.25. The first-order valence-electron chi connectivity index (χ1n) is 6.73. The lowest BCUT2D eigenvalue weighted by Crippen LogP contribution is -2.22. The Balaban J connectivity index is 2.47. The van der Waals surface area contributed by atoms with Crippen molar-refractivity contribution in [2.75, 3.05) is 7.11 Å². The highest BCUT2D eigenvalue weighted by Gasteiger charge is 2.20. The van der Waals surface area contributed by atoms with Gasteiger partial charge in [-0.05, 0) is 30.3 Å². The summed E-state index contributed by atoms with van der Waals surface area (Å²) < 4.78 is 19.8. The van der Waals surface area contributed by atoms with Gasteiger partial charge in [0.15, 0.2) is 0 Å². The van der Waals surface area contributed by atoms with E-state index >= 15 is 0 Å². The van der Waals surface area contributed by atoms with E-state index in [4.69, 9.17) is 16.3 Å². The van der Waals surface area contributed by atoms with Gasteiger partial charge in [-0.3, -0.25) is 4.79 Å². The van der Waals surface area contributed by atoms with E-state index in [-0.39, 0.29) is 16.2 Å². The molecule has 1 aromatic heterocycles. The monoisotopic (exact) mass is 348 g/mol. The molecule has 0 atom stereocenters. The van der Waals surface area contributed by atoms with Gasteiger partial charge in [0.25, 0.3) is 0 Å². The summed E-state index contributed by atoms with van der Waals surface area (Å²) in [5, 5.41) is 13.1. The maximum absolute atomic E-state index is 13.4. The molecule has 6 nitrogen and oxygen atoms in total. The van der Waals surface area contributed by atoms with E-state index in [9.17, 15) is 19.1 Å². The highest BCUT2D eigenvalue weighted by atomic mass is 35.5. The van der Waals surface area contributed by atoms with Gasteiger partial charge in [-0.1, -0.05) is 17.7 Å². The van der Waals surface area contributed by atoms with Crippen molar-refractivity contribution in [2.24, 2.45) is 0 Å². The van der Waals surface area contributed by atoms with Gasteiger partial charge >= 0.3 is 5.97 Å². The number of hydrogen-bond acceptors (Lipinski definition) is 4. The predicted molar refractivity (Wildman–Crippen MR) is 85.8 cm³/mol. The molecule has 0 saturated heterocycles. The molecule has 0 amide bonds. The zero-order chi connectivity index (χ0) is 17.4. The lowest BCUT2D eigenvalue weighted by Gasteiger charge is -2.13. The third-order valence-corrected chi connectivity index (χ3v) is 3.73. The van der Waals surface area contributed by atoms with Crippen molar-refractivity contribution < 1.29 is 19.0 Å². The molecule has 0 radical (unpaired) electrons. The Labute approximate surface area is 139 Å². The number of fused-ring (bicyclic) bond motifs is 1. The summed E-state index contributed by atoms with van der Waals surface area (Å²) in [5.74, 6) is -1.89. The van der Waals surface area contributed by atoms with Gasteiger partial charge in [0.2, 0.25) is 11.1 Å². The zero-order valence-electron chi connectivity index (χ0n) is 12.3. The molecule has 24 heavy (non-hydrogen) atoms. The molecule has 0 bridgehead atoms. The molecular weight excluding hydrogens is 339 g/mol. The van der Waals surface area contributed by atoms with Crippen molar-refractivity contribution >= 4 is 28.5 Å². The average molecular weight is 349 g/mol. The molecule has 0 spiro atoms. The second kappa shape index (κ2) is 5.93. The number of methoxy groups -OCH3 is 1. The molecule has 122 valence electrons. The molecule has 0 unspecified atom stereocenters. The minimum Gasteiger partial charge on any atom is -0.496 e. The minimum atomic E-state index is -1.48. The molecule has 1 N–H and O–H groups in total. The minimum absolute atomic E-state index is 0.0628. The van der Waals surface area contributed by atoms with Crippen LogP contribution < -0.4 is 10.2 Å². The lowest BCUT2D eigenvalue weighted by molar-refractivity contribution is 0.0687. The van der Waals surface area contributed by atoms with Crippen molar-refractivity contribution in [1.29, 1.82) is 0 Å². The molecule has 3 aromatic rings. The summed E-state index contributed by atoms with van der Waals surface area (Å²) in [6.45, 7) is 0. The third-order valence-electron chi connectivity index (χ3n) is 3.44. The highest BCUT2D eigenvalue weighted by molar-refractivity contribution is 6.30. The molecule has 3 rings (SSSR count). The van der Waals surface area contributed by atoms with Crippen molar-refractivity contribution in [2.45, 2.75) is 0 Å². The fraction of sp³-hybridized carbons (Fsp3) is 0.0625. The van der Waals surface area contributed by atoms with Crippen LogP contribution in [-0.2, 0) is 0 Å². The third kappa shape index (κ3) is 2.48. The van der Waals surface area contributed by atoms with Crippen LogP contribution in [-0.4, -0.2) is 28.0 Å². The number of halogens is 2. The maximum atomic E-state index is 13.4. The fourth-order valence-electron chi connectivity index (χ4n) is 2.37.